The third-order valence-corrected chi connectivity index (χ3v) is 6.33. The molecule has 0 aromatic heterocycles. The maximum absolute atomic E-state index is 12.9. The van der Waals surface area contributed by atoms with Gasteiger partial charge >= 0.3 is 12.1 Å². The normalized spacial score (nSPS) is 20.7. The Kier molecular flexibility index (Phi) is 5.38. The second-order valence-electron chi connectivity index (χ2n) is 6.85. The lowest BCUT2D eigenvalue weighted by Gasteiger charge is -2.42. The van der Waals surface area contributed by atoms with Crippen LogP contribution in [-0.4, -0.2) is 24.7 Å². The molecule has 1 fully saturated rings. The molecule has 1 saturated heterocycles. The van der Waals surface area contributed by atoms with Crippen molar-refractivity contribution in [3.63, 3.8) is 0 Å². The van der Waals surface area contributed by atoms with Crippen molar-refractivity contribution in [1.82, 2.24) is 5.32 Å². The monoisotopic (exact) mass is 508 g/mol. The van der Waals surface area contributed by atoms with Gasteiger partial charge in [-0.2, -0.15) is 13.2 Å². The van der Waals surface area contributed by atoms with Gasteiger partial charge in [0.05, 0.1) is 22.1 Å². The van der Waals surface area contributed by atoms with Crippen LogP contribution in [-0.2, 0) is 4.79 Å². The Hall–Kier alpha value is -1.64. The van der Waals surface area contributed by atoms with Crippen molar-refractivity contribution in [2.75, 3.05) is 11.4 Å². The molecular weight excluding hydrogens is 496 g/mol. The largest absolute Gasteiger partial charge is 0.471 e. The Morgan fingerprint density at radius 3 is 2.69 bits per heavy atom. The molecule has 4 rings (SSSR count). The number of rotatable bonds is 1. The minimum absolute atomic E-state index is 0.254. The van der Waals surface area contributed by atoms with E-state index in [1.165, 1.54) is 0 Å². The lowest BCUT2D eigenvalue weighted by atomic mass is 9.89. The predicted molar refractivity (Wildman–Crippen MR) is 108 cm³/mol. The number of benzene rings is 2. The number of carbonyl (C=O) groups excluding carboxylic acids is 1. The number of nitrogens with zero attached hydrogens (tertiary/aromatic N) is 1. The number of amides is 1. The topological polar surface area (TPSA) is 41.6 Å². The molecule has 2 aromatic rings. The van der Waals surface area contributed by atoms with Gasteiger partial charge in [-0.1, -0.05) is 45.2 Å². The lowest BCUT2D eigenvalue weighted by molar-refractivity contribution is -0.174. The molecule has 154 valence electrons. The van der Waals surface area contributed by atoms with Gasteiger partial charge in [-0.3, -0.25) is 4.79 Å². The fourth-order valence-electron chi connectivity index (χ4n) is 3.86. The first-order valence-electron chi connectivity index (χ1n) is 8.76. The maximum Gasteiger partial charge on any atom is 0.471 e. The quantitative estimate of drug-likeness (QED) is 0.494. The molecule has 2 atom stereocenters. The molecule has 0 spiro atoms. The van der Waals surface area contributed by atoms with Crippen LogP contribution >= 0.6 is 39.1 Å². The first-order valence-corrected chi connectivity index (χ1v) is 10.3. The first kappa shape index (κ1) is 20.6. The van der Waals surface area contributed by atoms with Crippen LogP contribution < -0.4 is 15.0 Å². The summed E-state index contributed by atoms with van der Waals surface area (Å²) in [7, 11) is 0. The molecule has 0 saturated carbocycles. The van der Waals surface area contributed by atoms with Crippen molar-refractivity contribution >= 4 is 50.7 Å². The number of anilines is 1. The fourth-order valence-corrected chi connectivity index (χ4v) is 4.62. The van der Waals surface area contributed by atoms with Crippen LogP contribution in [0.1, 0.15) is 24.4 Å². The van der Waals surface area contributed by atoms with Gasteiger partial charge in [0, 0.05) is 16.6 Å². The number of carbonyl (C=O) groups is 1. The first-order chi connectivity index (χ1) is 13.7. The Morgan fingerprint density at radius 2 is 1.97 bits per heavy atom. The summed E-state index contributed by atoms with van der Waals surface area (Å²) in [6.45, 7) is 0.523. The SMILES string of the molecule is O=C(N[C@H]1CCCN2c3c(ccc(Cl)c3Cl)Oc3cc(Br)ccc3[C@H]12)C(F)(F)F. The Bertz CT molecular complexity index is 987. The van der Waals surface area contributed by atoms with E-state index in [1.807, 2.05) is 4.90 Å². The molecule has 1 amide bonds. The van der Waals surface area contributed by atoms with Gasteiger partial charge in [0.2, 0.25) is 0 Å². The molecule has 0 bridgehead atoms. The number of piperidine rings is 1. The van der Waals surface area contributed by atoms with E-state index in [0.29, 0.717) is 47.2 Å². The molecule has 2 aliphatic heterocycles. The number of nitrogens with one attached hydrogen (secondary N) is 1. The smallest absolute Gasteiger partial charge is 0.455 e. The van der Waals surface area contributed by atoms with Crippen LogP contribution in [0.4, 0.5) is 18.9 Å². The molecule has 2 aliphatic rings. The third kappa shape index (κ3) is 3.78. The van der Waals surface area contributed by atoms with Gasteiger partial charge in [-0.15, -0.1) is 0 Å². The minimum atomic E-state index is -4.97. The second-order valence-corrected chi connectivity index (χ2v) is 8.55. The van der Waals surface area contributed by atoms with Crippen molar-refractivity contribution in [1.29, 1.82) is 0 Å². The van der Waals surface area contributed by atoms with Crippen molar-refractivity contribution in [3.8, 4) is 11.5 Å². The number of ether oxygens (including phenoxy) is 1. The standard InChI is InChI=1S/C19H14BrCl2F3N2O2/c20-9-3-4-10-14(8-9)29-13-6-5-11(21)15(22)17(13)27-7-1-2-12(16(10)27)26-18(28)19(23,24)25/h3-6,8,12,16H,1-2,7H2,(H,26,28)/t12-,16+/m0/s1. The third-order valence-electron chi connectivity index (χ3n) is 5.04. The van der Waals surface area contributed by atoms with Crippen molar-refractivity contribution in [3.05, 3.63) is 50.4 Å². The van der Waals surface area contributed by atoms with E-state index >= 15 is 0 Å². The van der Waals surface area contributed by atoms with Crippen LogP contribution in [0.3, 0.4) is 0 Å². The zero-order chi connectivity index (χ0) is 20.9. The van der Waals surface area contributed by atoms with Crippen LogP contribution in [0.25, 0.3) is 0 Å². The Morgan fingerprint density at radius 1 is 1.21 bits per heavy atom. The van der Waals surface area contributed by atoms with E-state index < -0.39 is 24.2 Å². The highest BCUT2D eigenvalue weighted by Gasteiger charge is 2.45. The summed E-state index contributed by atoms with van der Waals surface area (Å²) < 4.78 is 45.6. The summed E-state index contributed by atoms with van der Waals surface area (Å²) in [5, 5.41) is 2.72. The van der Waals surface area contributed by atoms with Gasteiger partial charge in [0.25, 0.3) is 0 Å². The highest BCUT2D eigenvalue weighted by atomic mass is 79.9. The van der Waals surface area contributed by atoms with Gasteiger partial charge < -0.3 is 15.0 Å². The van der Waals surface area contributed by atoms with E-state index in [-0.39, 0.29) is 5.02 Å². The van der Waals surface area contributed by atoms with E-state index in [9.17, 15) is 18.0 Å². The molecule has 0 aliphatic carbocycles. The van der Waals surface area contributed by atoms with Crippen LogP contribution in [0.5, 0.6) is 11.5 Å². The Balaban J connectivity index is 1.87. The zero-order valence-corrected chi connectivity index (χ0v) is 17.8. The van der Waals surface area contributed by atoms with Crippen LogP contribution in [0.2, 0.25) is 10.0 Å². The summed E-state index contributed by atoms with van der Waals surface area (Å²) in [4.78, 5) is 13.6. The number of hydrogen-bond acceptors (Lipinski definition) is 3. The number of hydrogen-bond donors (Lipinski definition) is 1. The summed E-state index contributed by atoms with van der Waals surface area (Å²) in [5.41, 5.74) is 1.16. The van der Waals surface area contributed by atoms with Gasteiger partial charge in [0.15, 0.2) is 5.75 Å². The van der Waals surface area contributed by atoms with E-state index in [0.717, 1.165) is 4.47 Å². The van der Waals surface area contributed by atoms with Crippen molar-refractivity contribution < 1.29 is 22.7 Å². The molecule has 10 heteroatoms. The van der Waals surface area contributed by atoms with Crippen molar-refractivity contribution in [2.45, 2.75) is 31.1 Å². The highest BCUT2D eigenvalue weighted by molar-refractivity contribution is 9.10. The minimum Gasteiger partial charge on any atom is -0.455 e. The molecule has 4 nitrogen and oxygen atoms in total. The van der Waals surface area contributed by atoms with Crippen LogP contribution in [0.15, 0.2) is 34.8 Å². The molecule has 29 heavy (non-hydrogen) atoms. The molecular formula is C19H14BrCl2F3N2O2. The Labute approximate surface area is 183 Å². The van der Waals surface area contributed by atoms with Crippen molar-refractivity contribution in [2.24, 2.45) is 0 Å². The number of alkyl halides is 3. The van der Waals surface area contributed by atoms with E-state index in [2.05, 4.69) is 21.2 Å². The predicted octanol–water partition coefficient (Wildman–Crippen LogP) is 6.25. The molecule has 2 aromatic carbocycles. The molecule has 2 heterocycles. The van der Waals surface area contributed by atoms with Gasteiger partial charge in [0.1, 0.15) is 11.4 Å². The summed E-state index contributed by atoms with van der Waals surface area (Å²) in [6.07, 6.45) is -4.02. The molecule has 0 radical (unpaired) electrons. The average molecular weight is 510 g/mol. The highest BCUT2D eigenvalue weighted by Crippen LogP contribution is 2.52. The lowest BCUT2D eigenvalue weighted by Crippen LogP contribution is -2.52. The fraction of sp³-hybridized carbons (Fsp3) is 0.316. The zero-order valence-electron chi connectivity index (χ0n) is 14.7. The molecule has 1 N–H and O–H groups in total. The molecule has 0 unspecified atom stereocenters. The summed E-state index contributed by atoms with van der Waals surface area (Å²) in [6, 6.07) is 7.18. The summed E-state index contributed by atoms with van der Waals surface area (Å²) in [5.74, 6) is -1.05. The van der Waals surface area contributed by atoms with Gasteiger partial charge in [-0.05, 0) is 37.1 Å². The number of fused-ring (bicyclic) bond motifs is 5. The van der Waals surface area contributed by atoms with Gasteiger partial charge in [-0.25, -0.2) is 0 Å². The van der Waals surface area contributed by atoms with E-state index in [1.54, 1.807) is 30.3 Å². The second kappa shape index (κ2) is 7.56. The summed E-state index contributed by atoms with van der Waals surface area (Å²) >= 11 is 16.1. The average Bonchev–Trinajstić information content (AvgIpc) is 2.78. The maximum atomic E-state index is 12.9. The van der Waals surface area contributed by atoms with Crippen LogP contribution in [0, 0.1) is 0 Å². The van der Waals surface area contributed by atoms with E-state index in [4.69, 9.17) is 27.9 Å². The number of halogens is 6.